The Morgan fingerprint density at radius 3 is 2.47 bits per heavy atom. The highest BCUT2D eigenvalue weighted by atomic mass is 16.2. The van der Waals surface area contributed by atoms with Gasteiger partial charge in [-0.2, -0.15) is 10.5 Å². The molecule has 1 rings (SSSR count). The third-order valence-corrected chi connectivity index (χ3v) is 2.55. The second-order valence-corrected chi connectivity index (χ2v) is 3.80. The van der Waals surface area contributed by atoms with Crippen molar-refractivity contribution < 1.29 is 4.79 Å². The zero-order chi connectivity index (χ0) is 14.1. The Morgan fingerprint density at radius 1 is 1.32 bits per heavy atom. The molecule has 8 heteroatoms. The van der Waals surface area contributed by atoms with Gasteiger partial charge in [-0.1, -0.05) is 6.92 Å². The van der Waals surface area contributed by atoms with Gasteiger partial charge in [0.15, 0.2) is 5.82 Å². The maximum atomic E-state index is 12.1. The minimum Gasteiger partial charge on any atom is -0.339 e. The average molecular weight is 261 g/mol. The molecule has 1 aromatic rings. The summed E-state index contributed by atoms with van der Waals surface area (Å²) in [5.74, 6) is 0.446. The average Bonchev–Trinajstić information content (AvgIpc) is 2.86. The normalized spacial score (nSPS) is 9.63. The summed E-state index contributed by atoms with van der Waals surface area (Å²) >= 11 is 0. The van der Waals surface area contributed by atoms with Crippen molar-refractivity contribution in [2.75, 3.05) is 13.1 Å². The second-order valence-electron chi connectivity index (χ2n) is 3.80. The minimum atomic E-state index is -0.187. The maximum absolute atomic E-state index is 12.1. The topological polar surface area (TPSA) is 111 Å². The summed E-state index contributed by atoms with van der Waals surface area (Å²) in [6.07, 6.45) is 1.12. The molecular formula is C11H15N7O. The lowest BCUT2D eigenvalue weighted by Gasteiger charge is -2.20. The van der Waals surface area contributed by atoms with E-state index in [1.54, 1.807) is 0 Å². The lowest BCUT2D eigenvalue weighted by molar-refractivity contribution is -0.132. The zero-order valence-corrected chi connectivity index (χ0v) is 10.8. The second kappa shape index (κ2) is 7.77. The number of hydrogen-bond acceptors (Lipinski definition) is 6. The molecule has 0 spiro atoms. The Bertz CT molecular complexity index is 478. The van der Waals surface area contributed by atoms with Crippen molar-refractivity contribution in [3.63, 3.8) is 0 Å². The van der Waals surface area contributed by atoms with Gasteiger partial charge in [-0.3, -0.25) is 4.79 Å². The highest BCUT2D eigenvalue weighted by Gasteiger charge is 2.16. The van der Waals surface area contributed by atoms with Crippen LogP contribution in [0.3, 0.4) is 0 Å². The molecule has 0 fully saturated rings. The van der Waals surface area contributed by atoms with E-state index in [2.05, 4.69) is 15.5 Å². The first-order valence-corrected chi connectivity index (χ1v) is 5.99. The van der Waals surface area contributed by atoms with Gasteiger partial charge in [0.1, 0.15) is 6.54 Å². The number of hydrogen-bond donors (Lipinski definition) is 0. The van der Waals surface area contributed by atoms with E-state index >= 15 is 0 Å². The third-order valence-electron chi connectivity index (χ3n) is 2.55. The Hall–Kier alpha value is -2.48. The van der Waals surface area contributed by atoms with Crippen LogP contribution >= 0.6 is 0 Å². The van der Waals surface area contributed by atoms with Crippen LogP contribution in [-0.4, -0.2) is 44.1 Å². The van der Waals surface area contributed by atoms with Crippen LogP contribution in [0.5, 0.6) is 0 Å². The number of nitriles is 2. The van der Waals surface area contributed by atoms with Gasteiger partial charge in [0.25, 0.3) is 0 Å². The molecule has 0 aromatic carbocycles. The molecule has 1 aromatic heterocycles. The number of aromatic nitrogens is 4. The fourth-order valence-corrected chi connectivity index (χ4v) is 1.56. The van der Waals surface area contributed by atoms with Crippen LogP contribution < -0.4 is 0 Å². The Labute approximate surface area is 111 Å². The first kappa shape index (κ1) is 14.6. The van der Waals surface area contributed by atoms with E-state index in [1.807, 2.05) is 19.1 Å². The Morgan fingerprint density at radius 2 is 1.95 bits per heavy atom. The quantitative estimate of drug-likeness (QED) is 0.677. The summed E-state index contributed by atoms with van der Waals surface area (Å²) in [4.78, 5) is 13.6. The summed E-state index contributed by atoms with van der Waals surface area (Å²) in [5, 5.41) is 28.2. The number of nitrogens with zero attached hydrogens (tertiary/aromatic N) is 7. The predicted molar refractivity (Wildman–Crippen MR) is 64.2 cm³/mol. The fraction of sp³-hybridized carbons (Fsp3) is 0.636. The molecule has 0 aliphatic heterocycles. The molecule has 1 heterocycles. The molecule has 1 amide bonds. The lowest BCUT2D eigenvalue weighted by atomic mass is 10.3. The highest BCUT2D eigenvalue weighted by Crippen LogP contribution is 2.00. The van der Waals surface area contributed by atoms with E-state index < -0.39 is 0 Å². The van der Waals surface area contributed by atoms with Gasteiger partial charge in [-0.25, -0.2) is 4.68 Å². The summed E-state index contributed by atoms with van der Waals surface area (Å²) in [5.41, 5.74) is 0. The van der Waals surface area contributed by atoms with Crippen molar-refractivity contribution in [3.05, 3.63) is 5.82 Å². The van der Waals surface area contributed by atoms with Gasteiger partial charge in [-0.05, 0) is 10.4 Å². The van der Waals surface area contributed by atoms with Crippen molar-refractivity contribution in [3.8, 4) is 12.1 Å². The van der Waals surface area contributed by atoms with Crippen LogP contribution in [0.2, 0.25) is 0 Å². The van der Waals surface area contributed by atoms with E-state index in [4.69, 9.17) is 10.5 Å². The number of rotatable bonds is 7. The molecular weight excluding hydrogens is 246 g/mol. The van der Waals surface area contributed by atoms with E-state index in [-0.39, 0.29) is 25.3 Å². The van der Waals surface area contributed by atoms with Gasteiger partial charge in [0.2, 0.25) is 5.91 Å². The van der Waals surface area contributed by atoms with Gasteiger partial charge in [0.05, 0.1) is 25.0 Å². The smallest absolute Gasteiger partial charge is 0.244 e. The predicted octanol–water partition coefficient (Wildman–Crippen LogP) is -0.109. The highest BCUT2D eigenvalue weighted by molar-refractivity contribution is 5.76. The van der Waals surface area contributed by atoms with Crippen molar-refractivity contribution in [2.24, 2.45) is 0 Å². The van der Waals surface area contributed by atoms with Crippen LogP contribution in [-0.2, 0) is 17.8 Å². The van der Waals surface area contributed by atoms with Crippen molar-refractivity contribution in [2.45, 2.75) is 32.7 Å². The largest absolute Gasteiger partial charge is 0.339 e. The summed E-state index contributed by atoms with van der Waals surface area (Å²) in [7, 11) is 0. The summed E-state index contributed by atoms with van der Waals surface area (Å²) in [6.45, 7) is 2.57. The van der Waals surface area contributed by atoms with E-state index in [9.17, 15) is 4.79 Å². The molecule has 8 nitrogen and oxygen atoms in total. The van der Waals surface area contributed by atoms with E-state index in [1.165, 1.54) is 9.58 Å². The molecule has 0 saturated heterocycles. The molecule has 0 aliphatic carbocycles. The van der Waals surface area contributed by atoms with Crippen LogP contribution in [0.15, 0.2) is 0 Å². The Kier molecular flexibility index (Phi) is 5.96. The van der Waals surface area contributed by atoms with Crippen molar-refractivity contribution >= 4 is 5.91 Å². The van der Waals surface area contributed by atoms with Gasteiger partial charge in [-0.15, -0.1) is 5.10 Å². The number of carbonyl (C=O) groups is 1. The van der Waals surface area contributed by atoms with Crippen LogP contribution in [0.1, 0.15) is 25.6 Å². The van der Waals surface area contributed by atoms with Crippen molar-refractivity contribution in [1.82, 2.24) is 25.1 Å². The molecule has 0 atom stereocenters. The molecule has 0 aliphatic rings. The minimum absolute atomic E-state index is 0.0348. The number of amides is 1. The molecule has 0 unspecified atom stereocenters. The van der Waals surface area contributed by atoms with Crippen LogP contribution in [0.4, 0.5) is 0 Å². The van der Waals surface area contributed by atoms with Crippen molar-refractivity contribution in [1.29, 1.82) is 10.5 Å². The lowest BCUT2D eigenvalue weighted by Crippen LogP contribution is -2.36. The van der Waals surface area contributed by atoms with E-state index in [0.717, 1.165) is 0 Å². The SMILES string of the molecule is CCc1nnnn1CC(=O)N(CCC#N)CCC#N. The molecule has 19 heavy (non-hydrogen) atoms. The van der Waals surface area contributed by atoms with E-state index in [0.29, 0.717) is 25.3 Å². The molecule has 0 bridgehead atoms. The molecule has 0 N–H and O–H groups in total. The first-order valence-electron chi connectivity index (χ1n) is 5.99. The van der Waals surface area contributed by atoms with Crippen LogP contribution in [0.25, 0.3) is 0 Å². The Balaban J connectivity index is 2.66. The molecule has 100 valence electrons. The third kappa shape index (κ3) is 4.36. The molecule has 0 saturated carbocycles. The first-order chi connectivity index (χ1) is 9.22. The van der Waals surface area contributed by atoms with Gasteiger partial charge in [0, 0.05) is 19.5 Å². The van der Waals surface area contributed by atoms with Gasteiger partial charge < -0.3 is 4.90 Å². The molecule has 0 radical (unpaired) electrons. The fourth-order valence-electron chi connectivity index (χ4n) is 1.56. The zero-order valence-electron chi connectivity index (χ0n) is 10.8. The standard InChI is InChI=1S/C11H15N7O/c1-2-10-14-15-16-18(10)9-11(19)17(7-3-5-12)8-4-6-13/h2-4,7-9H2,1H3. The maximum Gasteiger partial charge on any atom is 0.244 e. The number of tetrazole rings is 1. The number of carbonyl (C=O) groups excluding carboxylic acids is 1. The summed E-state index contributed by atoms with van der Waals surface area (Å²) < 4.78 is 1.44. The monoisotopic (exact) mass is 261 g/mol. The van der Waals surface area contributed by atoms with Crippen LogP contribution in [0, 0.1) is 22.7 Å². The van der Waals surface area contributed by atoms with Gasteiger partial charge >= 0.3 is 0 Å². The number of aryl methyl sites for hydroxylation is 1. The summed E-state index contributed by atoms with van der Waals surface area (Å²) in [6, 6.07) is 3.97.